The SMILES string of the molecule is [B]c1cc(Cl)c(CC(C)C)cc1OC. The first kappa shape index (κ1) is 11.4. The zero-order chi connectivity index (χ0) is 10.7. The van der Waals surface area contributed by atoms with Crippen molar-refractivity contribution in [2.24, 2.45) is 5.92 Å². The number of halogens is 1. The Hall–Kier alpha value is -0.625. The van der Waals surface area contributed by atoms with Gasteiger partial charge in [0.15, 0.2) is 0 Å². The minimum absolute atomic E-state index is 0.570. The highest BCUT2D eigenvalue weighted by molar-refractivity contribution is 6.38. The van der Waals surface area contributed by atoms with Crippen LogP contribution in [0.25, 0.3) is 0 Å². The largest absolute Gasteiger partial charge is 0.497 e. The van der Waals surface area contributed by atoms with Gasteiger partial charge in [0.1, 0.15) is 13.6 Å². The molecule has 1 aromatic rings. The zero-order valence-electron chi connectivity index (χ0n) is 8.80. The predicted molar refractivity (Wildman–Crippen MR) is 61.9 cm³/mol. The molecule has 0 heterocycles. The summed E-state index contributed by atoms with van der Waals surface area (Å²) in [5.74, 6) is 1.27. The number of hydrogen-bond donors (Lipinski definition) is 0. The van der Waals surface area contributed by atoms with E-state index in [1.807, 2.05) is 6.07 Å². The number of hydrogen-bond acceptors (Lipinski definition) is 1. The second kappa shape index (κ2) is 4.74. The molecule has 0 atom stereocenters. The Morgan fingerprint density at radius 3 is 2.57 bits per heavy atom. The van der Waals surface area contributed by atoms with E-state index in [-0.39, 0.29) is 0 Å². The topological polar surface area (TPSA) is 9.23 Å². The average molecular weight is 208 g/mol. The Balaban J connectivity index is 3.04. The van der Waals surface area contributed by atoms with Gasteiger partial charge in [-0.05, 0) is 30.0 Å². The molecule has 0 aliphatic rings. The summed E-state index contributed by atoms with van der Waals surface area (Å²) in [6.07, 6.45) is 0.940. The Bertz CT molecular complexity index is 323. The summed E-state index contributed by atoms with van der Waals surface area (Å²) in [4.78, 5) is 0. The molecule has 0 amide bonds. The maximum absolute atomic E-state index is 6.07. The Morgan fingerprint density at radius 1 is 1.43 bits per heavy atom. The van der Waals surface area contributed by atoms with Gasteiger partial charge in [-0.1, -0.05) is 30.9 Å². The van der Waals surface area contributed by atoms with Crippen molar-refractivity contribution in [1.82, 2.24) is 0 Å². The maximum Gasteiger partial charge on any atom is 0.119 e. The summed E-state index contributed by atoms with van der Waals surface area (Å²) in [6, 6.07) is 3.66. The zero-order valence-corrected chi connectivity index (χ0v) is 9.56. The molecule has 14 heavy (non-hydrogen) atoms. The van der Waals surface area contributed by atoms with Crippen LogP contribution in [0.1, 0.15) is 19.4 Å². The third kappa shape index (κ3) is 2.68. The molecule has 0 spiro atoms. The molecule has 1 aromatic carbocycles. The third-order valence-electron chi connectivity index (χ3n) is 2.03. The lowest BCUT2D eigenvalue weighted by atomic mass is 9.92. The van der Waals surface area contributed by atoms with Crippen LogP contribution in [0.3, 0.4) is 0 Å². The average Bonchev–Trinajstić information content (AvgIpc) is 2.09. The first-order valence-corrected chi connectivity index (χ1v) is 5.04. The van der Waals surface area contributed by atoms with Crippen molar-refractivity contribution in [2.75, 3.05) is 7.11 Å². The van der Waals surface area contributed by atoms with E-state index in [2.05, 4.69) is 13.8 Å². The van der Waals surface area contributed by atoms with Gasteiger partial charge in [-0.25, -0.2) is 0 Å². The molecule has 2 radical (unpaired) electrons. The molecule has 0 aromatic heterocycles. The Morgan fingerprint density at radius 2 is 2.07 bits per heavy atom. The normalized spacial score (nSPS) is 10.6. The van der Waals surface area contributed by atoms with Crippen molar-refractivity contribution in [1.29, 1.82) is 0 Å². The van der Waals surface area contributed by atoms with E-state index < -0.39 is 0 Å². The highest BCUT2D eigenvalue weighted by Crippen LogP contribution is 2.22. The van der Waals surface area contributed by atoms with Gasteiger partial charge in [-0.15, -0.1) is 0 Å². The molecule has 0 unspecified atom stereocenters. The molecule has 0 saturated heterocycles. The van der Waals surface area contributed by atoms with E-state index >= 15 is 0 Å². The summed E-state index contributed by atoms with van der Waals surface area (Å²) in [7, 11) is 7.33. The van der Waals surface area contributed by atoms with Gasteiger partial charge in [0, 0.05) is 5.02 Å². The summed E-state index contributed by atoms with van der Waals surface area (Å²) >= 11 is 6.07. The molecule has 74 valence electrons. The molecule has 0 bridgehead atoms. The maximum atomic E-state index is 6.07. The monoisotopic (exact) mass is 208 g/mol. The fourth-order valence-electron chi connectivity index (χ4n) is 1.38. The first-order valence-electron chi connectivity index (χ1n) is 4.66. The van der Waals surface area contributed by atoms with Crippen LogP contribution < -0.4 is 10.2 Å². The number of benzene rings is 1. The van der Waals surface area contributed by atoms with Crippen LogP contribution in [0, 0.1) is 5.92 Å². The molecular weight excluding hydrogens is 194 g/mol. The lowest BCUT2D eigenvalue weighted by molar-refractivity contribution is 0.417. The van der Waals surface area contributed by atoms with Crippen LogP contribution in [0.4, 0.5) is 0 Å². The van der Waals surface area contributed by atoms with Gasteiger partial charge in [-0.3, -0.25) is 0 Å². The first-order chi connectivity index (χ1) is 6.54. The summed E-state index contributed by atoms with van der Waals surface area (Å²) in [5.41, 5.74) is 1.68. The molecule has 0 aliphatic carbocycles. The van der Waals surface area contributed by atoms with Gasteiger partial charge in [0.25, 0.3) is 0 Å². The Kier molecular flexibility index (Phi) is 3.88. The van der Waals surface area contributed by atoms with E-state index in [0.29, 0.717) is 17.1 Å². The quantitative estimate of drug-likeness (QED) is 0.693. The molecule has 0 saturated carbocycles. The van der Waals surface area contributed by atoms with Crippen LogP contribution in [0.2, 0.25) is 5.02 Å². The second-order valence-electron chi connectivity index (χ2n) is 3.78. The molecule has 0 fully saturated rings. The van der Waals surface area contributed by atoms with Crippen molar-refractivity contribution < 1.29 is 4.74 Å². The molecule has 1 nitrogen and oxygen atoms in total. The van der Waals surface area contributed by atoms with Crippen molar-refractivity contribution in [2.45, 2.75) is 20.3 Å². The molecule has 3 heteroatoms. The minimum atomic E-state index is 0.570. The van der Waals surface area contributed by atoms with Crippen molar-refractivity contribution in [3.8, 4) is 5.75 Å². The van der Waals surface area contributed by atoms with E-state index in [0.717, 1.165) is 17.0 Å². The third-order valence-corrected chi connectivity index (χ3v) is 2.38. The van der Waals surface area contributed by atoms with Crippen molar-refractivity contribution >= 4 is 24.9 Å². The number of ether oxygens (including phenoxy) is 1. The van der Waals surface area contributed by atoms with Gasteiger partial charge in [-0.2, -0.15) is 0 Å². The predicted octanol–water partition coefficient (Wildman–Crippen LogP) is 2.34. The van der Waals surface area contributed by atoms with Crippen molar-refractivity contribution in [3.63, 3.8) is 0 Å². The number of methoxy groups -OCH3 is 1. The van der Waals surface area contributed by atoms with Crippen LogP contribution in [0.5, 0.6) is 5.75 Å². The fraction of sp³-hybridized carbons (Fsp3) is 0.455. The standard InChI is InChI=1S/C11H14BClO/c1-7(2)4-8-5-11(14-3)9(12)6-10(8)13/h5-7H,4H2,1-3H3. The van der Waals surface area contributed by atoms with E-state index in [1.54, 1.807) is 13.2 Å². The van der Waals surface area contributed by atoms with Crippen LogP contribution in [0.15, 0.2) is 12.1 Å². The van der Waals surface area contributed by atoms with Gasteiger partial charge in [0.05, 0.1) is 7.11 Å². The number of rotatable bonds is 3. The second-order valence-corrected chi connectivity index (χ2v) is 4.19. The summed E-state index contributed by atoms with van der Waals surface area (Å²) in [6.45, 7) is 4.30. The smallest absolute Gasteiger partial charge is 0.119 e. The van der Waals surface area contributed by atoms with Crippen LogP contribution in [-0.2, 0) is 6.42 Å². The summed E-state index contributed by atoms with van der Waals surface area (Å²) < 4.78 is 5.14. The molecule has 0 aliphatic heterocycles. The molecular formula is C11H14BClO. The molecule has 1 rings (SSSR count). The Labute approximate surface area is 91.8 Å². The van der Waals surface area contributed by atoms with Crippen LogP contribution >= 0.6 is 11.6 Å². The molecule has 0 N–H and O–H groups in total. The van der Waals surface area contributed by atoms with E-state index in [1.165, 1.54) is 0 Å². The van der Waals surface area contributed by atoms with Gasteiger partial charge in [0.2, 0.25) is 0 Å². The fourth-order valence-corrected chi connectivity index (χ4v) is 1.63. The van der Waals surface area contributed by atoms with Gasteiger partial charge >= 0.3 is 0 Å². The summed E-state index contributed by atoms with van der Waals surface area (Å²) in [5, 5.41) is 0.719. The minimum Gasteiger partial charge on any atom is -0.497 e. The van der Waals surface area contributed by atoms with E-state index in [4.69, 9.17) is 24.2 Å². The highest BCUT2D eigenvalue weighted by Gasteiger charge is 2.07. The lowest BCUT2D eigenvalue weighted by Crippen LogP contribution is -2.09. The van der Waals surface area contributed by atoms with E-state index in [9.17, 15) is 0 Å². The highest BCUT2D eigenvalue weighted by atomic mass is 35.5. The van der Waals surface area contributed by atoms with Gasteiger partial charge < -0.3 is 4.74 Å². The van der Waals surface area contributed by atoms with Crippen LogP contribution in [-0.4, -0.2) is 15.0 Å². The van der Waals surface area contributed by atoms with Crippen molar-refractivity contribution in [3.05, 3.63) is 22.7 Å². The lowest BCUT2D eigenvalue weighted by Gasteiger charge is -2.11.